The Morgan fingerprint density at radius 1 is 1.14 bits per heavy atom. The van der Waals surface area contributed by atoms with E-state index in [2.05, 4.69) is 5.16 Å². The highest BCUT2D eigenvalue weighted by atomic mass is 16.5. The van der Waals surface area contributed by atoms with Gasteiger partial charge in [0, 0.05) is 5.56 Å². The molecule has 0 aliphatic heterocycles. The monoisotopic (exact) mass is 282 g/mol. The molecule has 0 aliphatic rings. The van der Waals surface area contributed by atoms with E-state index in [1.807, 2.05) is 30.3 Å². The van der Waals surface area contributed by atoms with E-state index in [1.54, 1.807) is 31.4 Å². The quantitative estimate of drug-likeness (QED) is 0.519. The van der Waals surface area contributed by atoms with Gasteiger partial charge in [0.25, 0.3) is 0 Å². The molecular formula is C16H14N2O3. The Morgan fingerprint density at radius 3 is 2.48 bits per heavy atom. The molecule has 5 heteroatoms. The van der Waals surface area contributed by atoms with Crippen molar-refractivity contribution in [2.45, 2.75) is 6.61 Å². The Balaban J connectivity index is 2.23. The Hall–Kier alpha value is -3.00. The zero-order chi connectivity index (χ0) is 15.1. The van der Waals surface area contributed by atoms with Gasteiger partial charge in [-0.2, -0.15) is 5.26 Å². The summed E-state index contributed by atoms with van der Waals surface area (Å²) in [5.74, 6) is 1.24. The molecule has 2 rings (SSSR count). The number of para-hydroxylation sites is 2. The second kappa shape index (κ2) is 6.96. The molecule has 0 atom stereocenters. The first-order chi connectivity index (χ1) is 10.3. The van der Waals surface area contributed by atoms with Gasteiger partial charge in [-0.1, -0.05) is 41.6 Å². The SMILES string of the molecule is COc1ccccc1OCc1ccccc1/C(C#N)=N\O. The molecule has 0 aromatic heterocycles. The molecule has 0 radical (unpaired) electrons. The molecule has 21 heavy (non-hydrogen) atoms. The van der Waals surface area contributed by atoms with Crippen molar-refractivity contribution in [1.29, 1.82) is 5.26 Å². The van der Waals surface area contributed by atoms with Gasteiger partial charge in [0.05, 0.1) is 7.11 Å². The van der Waals surface area contributed by atoms with E-state index >= 15 is 0 Å². The van der Waals surface area contributed by atoms with E-state index in [-0.39, 0.29) is 12.3 Å². The first kappa shape index (κ1) is 14.4. The van der Waals surface area contributed by atoms with Crippen LogP contribution in [0.4, 0.5) is 0 Å². The Labute approximate surface area is 122 Å². The van der Waals surface area contributed by atoms with E-state index in [0.717, 1.165) is 5.56 Å². The standard InChI is InChI=1S/C16H14N2O3/c1-20-15-8-4-5-9-16(15)21-11-12-6-2-3-7-13(12)14(10-17)18-19/h2-9,19H,11H2,1H3/b18-14-. The normalized spacial score (nSPS) is 10.8. The van der Waals surface area contributed by atoms with Crippen molar-refractivity contribution in [2.24, 2.45) is 5.16 Å². The largest absolute Gasteiger partial charge is 0.493 e. The molecule has 1 N–H and O–H groups in total. The number of hydrogen-bond donors (Lipinski definition) is 1. The molecule has 0 unspecified atom stereocenters. The number of rotatable bonds is 5. The molecule has 0 fully saturated rings. The second-order valence-corrected chi connectivity index (χ2v) is 4.16. The lowest BCUT2D eigenvalue weighted by Crippen LogP contribution is -2.06. The van der Waals surface area contributed by atoms with Gasteiger partial charge in [0.1, 0.15) is 12.7 Å². The molecule has 5 nitrogen and oxygen atoms in total. The van der Waals surface area contributed by atoms with E-state index in [0.29, 0.717) is 17.1 Å². The average Bonchev–Trinajstić information content (AvgIpc) is 2.55. The highest BCUT2D eigenvalue weighted by Gasteiger charge is 2.10. The van der Waals surface area contributed by atoms with Crippen LogP contribution in [-0.2, 0) is 6.61 Å². The molecule has 0 amide bonds. The number of nitrogens with zero attached hydrogens (tertiary/aromatic N) is 2. The molecule has 0 saturated heterocycles. The lowest BCUT2D eigenvalue weighted by atomic mass is 10.0. The number of nitriles is 1. The van der Waals surface area contributed by atoms with Gasteiger partial charge in [-0.15, -0.1) is 0 Å². The first-order valence-electron chi connectivity index (χ1n) is 6.26. The predicted molar refractivity (Wildman–Crippen MR) is 77.7 cm³/mol. The summed E-state index contributed by atoms with van der Waals surface area (Å²) >= 11 is 0. The minimum atomic E-state index is -0.0470. The minimum absolute atomic E-state index is 0.0470. The summed E-state index contributed by atoms with van der Waals surface area (Å²) in [7, 11) is 1.57. The van der Waals surface area contributed by atoms with Crippen LogP contribution in [0.1, 0.15) is 11.1 Å². The van der Waals surface area contributed by atoms with Crippen molar-refractivity contribution in [1.82, 2.24) is 0 Å². The van der Waals surface area contributed by atoms with Crippen LogP contribution in [0.3, 0.4) is 0 Å². The third kappa shape index (κ3) is 3.31. The van der Waals surface area contributed by atoms with Crippen molar-refractivity contribution in [3.05, 3.63) is 59.7 Å². The second-order valence-electron chi connectivity index (χ2n) is 4.16. The van der Waals surface area contributed by atoms with E-state index in [4.69, 9.17) is 19.9 Å². The fourth-order valence-corrected chi connectivity index (χ4v) is 1.91. The highest BCUT2D eigenvalue weighted by molar-refractivity contribution is 6.12. The van der Waals surface area contributed by atoms with Crippen LogP contribution in [0.2, 0.25) is 0 Å². The highest BCUT2D eigenvalue weighted by Crippen LogP contribution is 2.27. The fraction of sp³-hybridized carbons (Fsp3) is 0.125. The van der Waals surface area contributed by atoms with Gasteiger partial charge in [-0.25, -0.2) is 0 Å². The van der Waals surface area contributed by atoms with Gasteiger partial charge < -0.3 is 14.7 Å². The van der Waals surface area contributed by atoms with E-state index in [9.17, 15) is 0 Å². The van der Waals surface area contributed by atoms with Gasteiger partial charge in [-0.3, -0.25) is 0 Å². The number of methoxy groups -OCH3 is 1. The number of ether oxygens (including phenoxy) is 2. The van der Waals surface area contributed by atoms with Crippen LogP contribution in [0.25, 0.3) is 0 Å². The molecule has 0 spiro atoms. The maximum Gasteiger partial charge on any atom is 0.187 e. The van der Waals surface area contributed by atoms with Crippen LogP contribution in [0.5, 0.6) is 11.5 Å². The van der Waals surface area contributed by atoms with Crippen molar-refractivity contribution in [2.75, 3.05) is 7.11 Å². The van der Waals surface area contributed by atoms with Crippen LogP contribution in [0.15, 0.2) is 53.7 Å². The Kier molecular flexibility index (Phi) is 4.78. The summed E-state index contributed by atoms with van der Waals surface area (Å²) in [6.07, 6.45) is 0. The van der Waals surface area contributed by atoms with Crippen LogP contribution in [-0.4, -0.2) is 18.0 Å². The third-order valence-electron chi connectivity index (χ3n) is 2.93. The first-order valence-corrected chi connectivity index (χ1v) is 6.26. The van der Waals surface area contributed by atoms with Crippen LogP contribution >= 0.6 is 0 Å². The van der Waals surface area contributed by atoms with E-state index < -0.39 is 0 Å². The molecule has 0 heterocycles. The topological polar surface area (TPSA) is 74.8 Å². The van der Waals surface area contributed by atoms with Crippen molar-refractivity contribution in [3.8, 4) is 17.6 Å². The summed E-state index contributed by atoms with van der Waals surface area (Å²) in [5, 5.41) is 20.8. The zero-order valence-electron chi connectivity index (χ0n) is 11.5. The van der Waals surface area contributed by atoms with Crippen LogP contribution < -0.4 is 9.47 Å². The van der Waals surface area contributed by atoms with Gasteiger partial charge in [0.15, 0.2) is 17.2 Å². The zero-order valence-corrected chi connectivity index (χ0v) is 11.5. The van der Waals surface area contributed by atoms with Crippen molar-refractivity contribution < 1.29 is 14.7 Å². The maximum atomic E-state index is 8.97. The fourth-order valence-electron chi connectivity index (χ4n) is 1.91. The smallest absolute Gasteiger partial charge is 0.187 e. The summed E-state index contributed by atoms with van der Waals surface area (Å²) < 4.78 is 10.9. The summed E-state index contributed by atoms with van der Waals surface area (Å²) in [6.45, 7) is 0.233. The molecule has 2 aromatic carbocycles. The summed E-state index contributed by atoms with van der Waals surface area (Å²) in [6, 6.07) is 16.3. The van der Waals surface area contributed by atoms with E-state index in [1.165, 1.54) is 0 Å². The number of benzene rings is 2. The van der Waals surface area contributed by atoms with Gasteiger partial charge in [-0.05, 0) is 17.7 Å². The minimum Gasteiger partial charge on any atom is -0.493 e. The van der Waals surface area contributed by atoms with Crippen LogP contribution in [0, 0.1) is 11.3 Å². The van der Waals surface area contributed by atoms with Crippen molar-refractivity contribution in [3.63, 3.8) is 0 Å². The average molecular weight is 282 g/mol. The molecule has 0 aliphatic carbocycles. The van der Waals surface area contributed by atoms with Gasteiger partial charge in [0.2, 0.25) is 0 Å². The van der Waals surface area contributed by atoms with Crippen molar-refractivity contribution >= 4 is 5.71 Å². The predicted octanol–water partition coefficient (Wildman–Crippen LogP) is 2.98. The third-order valence-corrected chi connectivity index (χ3v) is 2.93. The number of hydrogen-bond acceptors (Lipinski definition) is 5. The summed E-state index contributed by atoms with van der Waals surface area (Å²) in [5.41, 5.74) is 1.24. The molecule has 0 saturated carbocycles. The molecule has 2 aromatic rings. The van der Waals surface area contributed by atoms with Gasteiger partial charge >= 0.3 is 0 Å². The lowest BCUT2D eigenvalue weighted by molar-refractivity contribution is 0.284. The molecule has 106 valence electrons. The Bertz CT molecular complexity index is 690. The molecule has 0 bridgehead atoms. The molecular weight excluding hydrogens is 268 g/mol. The number of oxime groups is 1. The maximum absolute atomic E-state index is 8.97. The Morgan fingerprint density at radius 2 is 1.81 bits per heavy atom. The summed E-state index contributed by atoms with van der Waals surface area (Å²) in [4.78, 5) is 0. The lowest BCUT2D eigenvalue weighted by Gasteiger charge is -2.12.